The fourth-order valence-corrected chi connectivity index (χ4v) is 3.80. The Balaban J connectivity index is 1.84. The average molecular weight is 349 g/mol. The van der Waals surface area contributed by atoms with Crippen LogP contribution in [-0.4, -0.2) is 10.6 Å². The van der Waals surface area contributed by atoms with Gasteiger partial charge in [0, 0.05) is 17.5 Å². The van der Waals surface area contributed by atoms with E-state index in [0.717, 1.165) is 26.7 Å². The van der Waals surface area contributed by atoms with Crippen LogP contribution in [0.15, 0.2) is 65.8 Å². The van der Waals surface area contributed by atoms with Crippen molar-refractivity contribution in [2.45, 2.75) is 5.03 Å². The lowest BCUT2D eigenvalue weighted by Crippen LogP contribution is -1.91. The van der Waals surface area contributed by atoms with Crippen molar-refractivity contribution in [1.29, 1.82) is 5.26 Å². The molecule has 24 heavy (non-hydrogen) atoms. The summed E-state index contributed by atoms with van der Waals surface area (Å²) in [5.74, 6) is 0. The van der Waals surface area contributed by atoms with E-state index in [0.29, 0.717) is 5.56 Å². The van der Waals surface area contributed by atoms with Gasteiger partial charge in [-0.05, 0) is 35.5 Å². The Morgan fingerprint density at radius 3 is 2.62 bits per heavy atom. The first-order valence-corrected chi connectivity index (χ1v) is 9.34. The SMILES string of the molecule is CSc1nsc(/C=C/Nc2ccccc2-c2ccccc2)c1C#N. The molecule has 1 heterocycles. The lowest BCUT2D eigenvalue weighted by atomic mass is 10.0. The molecule has 0 fully saturated rings. The summed E-state index contributed by atoms with van der Waals surface area (Å²) in [6.07, 6.45) is 5.69. The van der Waals surface area contributed by atoms with Gasteiger partial charge in [0.2, 0.25) is 0 Å². The van der Waals surface area contributed by atoms with Gasteiger partial charge in [0.25, 0.3) is 0 Å². The first kappa shape index (κ1) is 16.3. The zero-order valence-electron chi connectivity index (χ0n) is 13.1. The van der Waals surface area contributed by atoms with Gasteiger partial charge < -0.3 is 5.32 Å². The van der Waals surface area contributed by atoms with Crippen LogP contribution in [0, 0.1) is 11.3 Å². The van der Waals surface area contributed by atoms with E-state index in [1.807, 2.05) is 54.9 Å². The van der Waals surface area contributed by atoms with Gasteiger partial charge in [-0.1, -0.05) is 48.5 Å². The Labute approximate surface area is 149 Å². The predicted octanol–water partition coefficient (Wildman–Crippen LogP) is 5.49. The van der Waals surface area contributed by atoms with Crippen molar-refractivity contribution in [3.05, 3.63) is 71.2 Å². The third-order valence-electron chi connectivity index (χ3n) is 3.48. The fraction of sp³-hybridized carbons (Fsp3) is 0.0526. The van der Waals surface area contributed by atoms with Crippen LogP contribution in [0.5, 0.6) is 0 Å². The first-order valence-electron chi connectivity index (χ1n) is 7.35. The minimum atomic E-state index is 0.641. The molecule has 0 aliphatic rings. The molecule has 0 amide bonds. The minimum Gasteiger partial charge on any atom is -0.361 e. The third kappa shape index (κ3) is 3.51. The summed E-state index contributed by atoms with van der Waals surface area (Å²) in [6, 6.07) is 20.6. The summed E-state index contributed by atoms with van der Waals surface area (Å²) in [4.78, 5) is 0.867. The maximum absolute atomic E-state index is 9.28. The molecule has 5 heteroatoms. The maximum Gasteiger partial charge on any atom is 0.128 e. The molecule has 0 unspecified atom stereocenters. The maximum atomic E-state index is 9.28. The molecule has 0 saturated heterocycles. The number of thioether (sulfide) groups is 1. The molecule has 2 aromatic carbocycles. The van der Waals surface area contributed by atoms with E-state index in [4.69, 9.17) is 0 Å². The lowest BCUT2D eigenvalue weighted by Gasteiger charge is -2.09. The monoisotopic (exact) mass is 349 g/mol. The highest BCUT2D eigenvalue weighted by atomic mass is 32.2. The molecular formula is C19H15N3S2. The van der Waals surface area contributed by atoms with Crippen LogP contribution in [0.1, 0.15) is 10.4 Å². The van der Waals surface area contributed by atoms with E-state index < -0.39 is 0 Å². The molecule has 1 N–H and O–H groups in total. The largest absolute Gasteiger partial charge is 0.361 e. The molecule has 0 bridgehead atoms. The number of hydrogen-bond donors (Lipinski definition) is 1. The molecule has 3 nitrogen and oxygen atoms in total. The van der Waals surface area contributed by atoms with Crippen molar-refractivity contribution in [3.8, 4) is 17.2 Å². The molecule has 3 rings (SSSR count). The number of hydrogen-bond acceptors (Lipinski definition) is 5. The van der Waals surface area contributed by atoms with E-state index in [9.17, 15) is 5.26 Å². The van der Waals surface area contributed by atoms with Gasteiger partial charge in [-0.3, -0.25) is 0 Å². The molecule has 0 radical (unpaired) electrons. The second kappa shape index (κ2) is 7.82. The summed E-state index contributed by atoms with van der Waals surface area (Å²) in [6.45, 7) is 0. The van der Waals surface area contributed by atoms with Crippen molar-refractivity contribution in [3.63, 3.8) is 0 Å². The lowest BCUT2D eigenvalue weighted by molar-refractivity contribution is 1.25. The van der Waals surface area contributed by atoms with Crippen LogP contribution in [0.4, 0.5) is 5.69 Å². The smallest absolute Gasteiger partial charge is 0.128 e. The first-order chi connectivity index (χ1) is 11.8. The molecule has 118 valence electrons. The van der Waals surface area contributed by atoms with Crippen molar-refractivity contribution >= 4 is 35.1 Å². The van der Waals surface area contributed by atoms with E-state index in [2.05, 4.69) is 34.0 Å². The van der Waals surface area contributed by atoms with E-state index >= 15 is 0 Å². The highest BCUT2D eigenvalue weighted by molar-refractivity contribution is 7.98. The molecule has 1 aromatic heterocycles. The van der Waals surface area contributed by atoms with Gasteiger partial charge in [-0.25, -0.2) is 0 Å². The fourth-order valence-electron chi connectivity index (χ4n) is 2.33. The number of benzene rings is 2. The van der Waals surface area contributed by atoms with Gasteiger partial charge >= 0.3 is 0 Å². The average Bonchev–Trinajstić information content (AvgIpc) is 3.05. The summed E-state index contributed by atoms with van der Waals surface area (Å²) in [5, 5.41) is 13.4. The van der Waals surface area contributed by atoms with Crippen molar-refractivity contribution in [2.75, 3.05) is 11.6 Å². The second-order valence-electron chi connectivity index (χ2n) is 4.93. The van der Waals surface area contributed by atoms with E-state index in [-0.39, 0.29) is 0 Å². The summed E-state index contributed by atoms with van der Waals surface area (Å²) in [7, 11) is 0. The van der Waals surface area contributed by atoms with Gasteiger partial charge in [0.05, 0.1) is 4.88 Å². The Kier molecular flexibility index (Phi) is 5.32. The zero-order valence-corrected chi connectivity index (χ0v) is 14.7. The van der Waals surface area contributed by atoms with Gasteiger partial charge in [0.1, 0.15) is 16.7 Å². The van der Waals surface area contributed by atoms with E-state index in [1.54, 1.807) is 0 Å². The number of aromatic nitrogens is 1. The van der Waals surface area contributed by atoms with Crippen LogP contribution in [0.25, 0.3) is 17.2 Å². The number of anilines is 1. The Morgan fingerprint density at radius 1 is 1.12 bits per heavy atom. The van der Waals surface area contributed by atoms with Crippen LogP contribution in [0.2, 0.25) is 0 Å². The van der Waals surface area contributed by atoms with Crippen molar-refractivity contribution < 1.29 is 0 Å². The molecule has 0 saturated carbocycles. The Bertz CT molecular complexity index is 892. The highest BCUT2D eigenvalue weighted by Gasteiger charge is 2.10. The minimum absolute atomic E-state index is 0.641. The van der Waals surface area contributed by atoms with Crippen molar-refractivity contribution in [2.24, 2.45) is 0 Å². The van der Waals surface area contributed by atoms with Crippen LogP contribution < -0.4 is 5.32 Å². The number of nitrogens with one attached hydrogen (secondary N) is 1. The van der Waals surface area contributed by atoms with Gasteiger partial charge in [0.15, 0.2) is 0 Å². The summed E-state index contributed by atoms with van der Waals surface area (Å²) in [5.41, 5.74) is 3.96. The number of nitriles is 1. The predicted molar refractivity (Wildman–Crippen MR) is 103 cm³/mol. The van der Waals surface area contributed by atoms with E-state index in [1.165, 1.54) is 23.3 Å². The number of nitrogens with zero attached hydrogens (tertiary/aromatic N) is 2. The molecular weight excluding hydrogens is 334 g/mol. The third-order valence-corrected chi connectivity index (χ3v) is 5.09. The van der Waals surface area contributed by atoms with Crippen LogP contribution in [0.3, 0.4) is 0 Å². The van der Waals surface area contributed by atoms with Crippen LogP contribution in [-0.2, 0) is 0 Å². The number of rotatable bonds is 5. The van der Waals surface area contributed by atoms with Crippen molar-refractivity contribution in [1.82, 2.24) is 4.37 Å². The zero-order chi connectivity index (χ0) is 16.8. The molecule has 0 atom stereocenters. The normalized spacial score (nSPS) is 10.7. The highest BCUT2D eigenvalue weighted by Crippen LogP contribution is 2.29. The number of para-hydroxylation sites is 1. The quantitative estimate of drug-likeness (QED) is 0.619. The van der Waals surface area contributed by atoms with Gasteiger partial charge in [-0.15, -0.1) is 11.8 Å². The Hall–Kier alpha value is -2.55. The molecule has 0 aliphatic carbocycles. The Morgan fingerprint density at radius 2 is 1.88 bits per heavy atom. The van der Waals surface area contributed by atoms with Gasteiger partial charge in [-0.2, -0.15) is 9.64 Å². The molecule has 0 aliphatic heterocycles. The standard InChI is InChI=1S/C19H15N3S2/c1-23-19-16(13-20)18(24-22-19)11-12-21-17-10-6-5-9-15(17)14-7-3-2-4-8-14/h2-12,21H,1H3/b12-11+. The summed E-state index contributed by atoms with van der Waals surface area (Å²) >= 11 is 2.83. The molecule has 0 spiro atoms. The van der Waals surface area contributed by atoms with Crippen LogP contribution >= 0.6 is 23.3 Å². The molecule has 3 aromatic rings. The second-order valence-corrected chi connectivity index (χ2v) is 6.53. The topological polar surface area (TPSA) is 48.7 Å². The summed E-state index contributed by atoms with van der Waals surface area (Å²) < 4.78 is 4.30.